The van der Waals surface area contributed by atoms with Crippen molar-refractivity contribution in [2.24, 2.45) is 0 Å². The summed E-state index contributed by atoms with van der Waals surface area (Å²) in [4.78, 5) is 3.57. The van der Waals surface area contributed by atoms with Gasteiger partial charge in [-0.05, 0) is 12.8 Å². The number of aromatic nitrogens is 3. The van der Waals surface area contributed by atoms with Crippen LogP contribution in [0.2, 0.25) is 0 Å². The van der Waals surface area contributed by atoms with Crippen LogP contribution in [-0.2, 0) is 0 Å². The molecule has 2 N–H and O–H groups in total. The van der Waals surface area contributed by atoms with Gasteiger partial charge in [0.1, 0.15) is 6.33 Å². The average molecular weight is 116 g/mol. The molecule has 0 spiro atoms. The summed E-state index contributed by atoms with van der Waals surface area (Å²) in [6.45, 7) is 0. The van der Waals surface area contributed by atoms with Gasteiger partial charge in [0.05, 0.1) is 0 Å². The maximum atomic E-state index is 5.09. The van der Waals surface area contributed by atoms with Crippen molar-refractivity contribution in [2.75, 3.05) is 5.73 Å². The quantitative estimate of drug-likeness (QED) is 0.451. The summed E-state index contributed by atoms with van der Waals surface area (Å²) >= 11 is 3.77. The Morgan fingerprint density at radius 3 is 2.71 bits per heavy atom. The van der Waals surface area contributed by atoms with Crippen LogP contribution in [0.25, 0.3) is 0 Å². The molecule has 0 atom stereocenters. The summed E-state index contributed by atoms with van der Waals surface area (Å²) in [5.41, 5.74) is 5.09. The molecule has 0 saturated carbocycles. The van der Waals surface area contributed by atoms with E-state index >= 15 is 0 Å². The first-order valence-electron chi connectivity index (χ1n) is 1.65. The highest BCUT2D eigenvalue weighted by Gasteiger charge is 1.85. The second-order valence-electron chi connectivity index (χ2n) is 1.02. The van der Waals surface area contributed by atoms with Gasteiger partial charge in [0.15, 0.2) is 0 Å². The topological polar surface area (TPSA) is 56.7 Å². The fourth-order valence-electron chi connectivity index (χ4n) is 0.267. The minimum Gasteiger partial charge on any atom is -0.366 e. The van der Waals surface area contributed by atoms with Gasteiger partial charge in [-0.15, -0.1) is 5.10 Å². The van der Waals surface area contributed by atoms with Crippen molar-refractivity contribution in [2.45, 2.75) is 0 Å². The highest BCUT2D eigenvalue weighted by atomic mass is 32.1. The van der Waals surface area contributed by atoms with Gasteiger partial charge in [0.2, 0.25) is 5.95 Å². The van der Waals surface area contributed by atoms with Crippen LogP contribution in [0.5, 0.6) is 0 Å². The number of rotatable bonds is 0. The van der Waals surface area contributed by atoms with Gasteiger partial charge in [0.25, 0.3) is 0 Å². The molecule has 0 aliphatic rings. The van der Waals surface area contributed by atoms with Gasteiger partial charge in [-0.25, -0.2) is 0 Å². The van der Waals surface area contributed by atoms with E-state index in [1.165, 1.54) is 10.4 Å². The first-order valence-corrected chi connectivity index (χ1v) is 2.05. The van der Waals surface area contributed by atoms with E-state index in [1.807, 2.05) is 0 Å². The summed E-state index contributed by atoms with van der Waals surface area (Å²) in [6.07, 6.45) is 1.42. The largest absolute Gasteiger partial charge is 0.366 e. The first-order chi connectivity index (χ1) is 3.29. The number of hydrogen-bond acceptors (Lipinski definition) is 4. The molecule has 0 saturated heterocycles. The summed E-state index contributed by atoms with van der Waals surface area (Å²) in [5.74, 6) is 0.245. The lowest BCUT2D eigenvalue weighted by atomic mass is 11.1. The van der Waals surface area contributed by atoms with Gasteiger partial charge in [0, 0.05) is 0 Å². The highest BCUT2D eigenvalue weighted by molar-refractivity contribution is 7.78. The van der Waals surface area contributed by atoms with Crippen LogP contribution in [0.1, 0.15) is 0 Å². The molecule has 1 aromatic rings. The predicted octanol–water partition coefficient (Wildman–Crippen LogP) is -0.447. The summed E-state index contributed by atoms with van der Waals surface area (Å²) in [7, 11) is 0. The van der Waals surface area contributed by atoms with Crippen molar-refractivity contribution in [3.63, 3.8) is 0 Å². The van der Waals surface area contributed by atoms with Crippen molar-refractivity contribution < 1.29 is 0 Å². The van der Waals surface area contributed by atoms with Crippen LogP contribution in [0.3, 0.4) is 0 Å². The molecule has 0 aliphatic carbocycles. The molecule has 38 valence electrons. The fourth-order valence-corrected chi connectivity index (χ4v) is 0.411. The summed E-state index contributed by atoms with van der Waals surface area (Å²) in [5, 5.41) is 3.56. The van der Waals surface area contributed by atoms with Crippen LogP contribution in [-0.4, -0.2) is 14.2 Å². The molecule has 7 heavy (non-hydrogen) atoms. The molecule has 0 unspecified atom stereocenters. The van der Waals surface area contributed by atoms with Gasteiger partial charge in [-0.2, -0.15) is 9.07 Å². The number of nitrogen functional groups attached to an aromatic ring is 1. The maximum Gasteiger partial charge on any atom is 0.240 e. The number of hydrogen-bond donors (Lipinski definition) is 2. The van der Waals surface area contributed by atoms with E-state index in [-0.39, 0.29) is 5.95 Å². The van der Waals surface area contributed by atoms with Gasteiger partial charge < -0.3 is 5.73 Å². The van der Waals surface area contributed by atoms with E-state index in [1.54, 1.807) is 0 Å². The number of anilines is 1. The maximum absolute atomic E-state index is 5.09. The Labute approximate surface area is 45.9 Å². The molecule has 1 rings (SSSR count). The van der Waals surface area contributed by atoms with Crippen molar-refractivity contribution in [3.05, 3.63) is 6.33 Å². The fraction of sp³-hybridized carbons (Fsp3) is 0. The number of nitrogens with zero attached hydrogens (tertiary/aromatic N) is 3. The molecule has 0 aromatic carbocycles. The zero-order valence-corrected chi connectivity index (χ0v) is 4.34. The molecule has 4 nitrogen and oxygen atoms in total. The molecule has 1 aromatic heterocycles. The molecular formula is C2H4N4S. The van der Waals surface area contributed by atoms with E-state index in [9.17, 15) is 0 Å². The van der Waals surface area contributed by atoms with Crippen molar-refractivity contribution in [3.8, 4) is 0 Å². The second-order valence-corrected chi connectivity index (χ2v) is 1.43. The van der Waals surface area contributed by atoms with Gasteiger partial charge >= 0.3 is 0 Å². The normalized spacial score (nSPS) is 9.29. The Morgan fingerprint density at radius 2 is 2.57 bits per heavy atom. The molecule has 5 heteroatoms. The number of nitrogens with two attached hydrogens (primary N) is 1. The third-order valence-electron chi connectivity index (χ3n) is 0.498. The van der Waals surface area contributed by atoms with Crippen LogP contribution in [0.15, 0.2) is 6.33 Å². The Bertz CT molecular complexity index is 142. The van der Waals surface area contributed by atoms with Crippen LogP contribution in [0, 0.1) is 0 Å². The lowest BCUT2D eigenvalue weighted by Crippen LogP contribution is -1.86. The molecular weight excluding hydrogens is 112 g/mol. The molecule has 0 amide bonds. The lowest BCUT2D eigenvalue weighted by molar-refractivity contribution is 1.03. The summed E-state index contributed by atoms with van der Waals surface area (Å²) in [6, 6.07) is 0. The molecule has 0 fully saturated rings. The number of thiol groups is 1. The lowest BCUT2D eigenvalue weighted by Gasteiger charge is -1.75. The highest BCUT2D eigenvalue weighted by Crippen LogP contribution is 1.87. The Hall–Kier alpha value is -0.710. The SMILES string of the molecule is Nc1ncn(S)n1. The Balaban J connectivity index is 3.04. The van der Waals surface area contributed by atoms with E-state index in [0.717, 1.165) is 0 Å². The molecule has 0 radical (unpaired) electrons. The summed E-state index contributed by atoms with van der Waals surface area (Å²) < 4.78 is 1.25. The predicted molar refractivity (Wildman–Crippen MR) is 28.8 cm³/mol. The van der Waals surface area contributed by atoms with E-state index < -0.39 is 0 Å². The molecule has 1 heterocycles. The zero-order valence-electron chi connectivity index (χ0n) is 3.44. The van der Waals surface area contributed by atoms with E-state index in [2.05, 4.69) is 22.9 Å². The molecule has 0 bridgehead atoms. The van der Waals surface area contributed by atoms with E-state index in [0.29, 0.717) is 0 Å². The average Bonchev–Trinajstić information content (AvgIpc) is 1.87. The van der Waals surface area contributed by atoms with Crippen LogP contribution in [0.4, 0.5) is 5.95 Å². The Kier molecular flexibility index (Phi) is 0.900. The van der Waals surface area contributed by atoms with E-state index in [4.69, 9.17) is 5.73 Å². The third kappa shape index (κ3) is 0.833. The minimum absolute atomic E-state index is 0.245. The standard InChI is InChI=1S/C2H4N4S/c3-2-4-1-6(7)5-2/h1,7H,(H2,3,5). The third-order valence-corrected chi connectivity index (χ3v) is 0.691. The van der Waals surface area contributed by atoms with Gasteiger partial charge in [-0.3, -0.25) is 0 Å². The van der Waals surface area contributed by atoms with Gasteiger partial charge in [-0.1, -0.05) is 0 Å². The Morgan fingerprint density at radius 1 is 1.86 bits per heavy atom. The van der Waals surface area contributed by atoms with Crippen molar-refractivity contribution in [1.29, 1.82) is 0 Å². The van der Waals surface area contributed by atoms with Crippen molar-refractivity contribution >= 4 is 18.8 Å². The monoisotopic (exact) mass is 116 g/mol. The second kappa shape index (κ2) is 1.42. The molecule has 0 aliphatic heterocycles. The van der Waals surface area contributed by atoms with Crippen LogP contribution >= 0.6 is 12.8 Å². The van der Waals surface area contributed by atoms with Crippen molar-refractivity contribution in [1.82, 2.24) is 14.2 Å². The minimum atomic E-state index is 0.245. The zero-order chi connectivity index (χ0) is 5.28. The first kappa shape index (κ1) is 4.45. The van der Waals surface area contributed by atoms with Crippen LogP contribution < -0.4 is 5.73 Å². The smallest absolute Gasteiger partial charge is 0.240 e.